The van der Waals surface area contributed by atoms with Crippen molar-refractivity contribution >= 4 is 0 Å². The van der Waals surface area contributed by atoms with E-state index in [1.165, 1.54) is 22.3 Å². The van der Waals surface area contributed by atoms with Gasteiger partial charge in [-0.15, -0.1) is 0 Å². The van der Waals surface area contributed by atoms with Crippen molar-refractivity contribution in [1.29, 1.82) is 0 Å². The van der Waals surface area contributed by atoms with Crippen molar-refractivity contribution in [2.24, 2.45) is 0 Å². The summed E-state index contributed by atoms with van der Waals surface area (Å²) in [6.45, 7) is 13.8. The molecule has 2 aromatic rings. The SMILES string of the molecule is CC(C)(C)c1ccc2c(c1)[I+]c1cc(C(C)(C)C)ccc1-2. The zero-order valence-corrected chi connectivity index (χ0v) is 16.0. The number of hydrogen-bond acceptors (Lipinski definition) is 0. The number of fused-ring (bicyclic) bond motifs is 3. The molecule has 0 aliphatic carbocycles. The summed E-state index contributed by atoms with van der Waals surface area (Å²) in [5.74, 6) is 0. The second kappa shape index (κ2) is 4.84. The Kier molecular flexibility index (Phi) is 3.47. The molecule has 0 N–H and O–H groups in total. The molecule has 1 heteroatoms. The van der Waals surface area contributed by atoms with Crippen molar-refractivity contribution in [3.8, 4) is 11.1 Å². The van der Waals surface area contributed by atoms with Gasteiger partial charge in [0.25, 0.3) is 0 Å². The van der Waals surface area contributed by atoms with Crippen LogP contribution in [0.15, 0.2) is 36.4 Å². The maximum Gasteiger partial charge on any atom is 0.359 e. The molecule has 3 rings (SSSR count). The van der Waals surface area contributed by atoms with E-state index in [0.717, 1.165) is 0 Å². The van der Waals surface area contributed by atoms with Crippen LogP contribution in [0.4, 0.5) is 0 Å². The predicted molar refractivity (Wildman–Crippen MR) is 86.7 cm³/mol. The fourth-order valence-corrected chi connectivity index (χ4v) is 5.80. The Hall–Kier alpha value is -0.830. The topological polar surface area (TPSA) is 0 Å². The molecular weight excluding hydrogens is 367 g/mol. The number of hydrogen-bond donors (Lipinski definition) is 0. The minimum atomic E-state index is -0.0274. The lowest BCUT2D eigenvalue weighted by molar-refractivity contribution is -0.590. The van der Waals surface area contributed by atoms with E-state index in [9.17, 15) is 0 Å². The fourth-order valence-electron chi connectivity index (χ4n) is 2.67. The average molecular weight is 391 g/mol. The normalized spacial score (nSPS) is 14.0. The molecule has 0 bridgehead atoms. The van der Waals surface area contributed by atoms with E-state index in [2.05, 4.69) is 77.9 Å². The molecule has 21 heavy (non-hydrogen) atoms. The second-order valence-corrected chi connectivity index (χ2v) is 10.8. The molecule has 0 saturated heterocycles. The lowest BCUT2D eigenvalue weighted by Crippen LogP contribution is -3.61. The van der Waals surface area contributed by atoms with Crippen LogP contribution in [-0.4, -0.2) is 0 Å². The van der Waals surface area contributed by atoms with Gasteiger partial charge in [-0.1, -0.05) is 53.7 Å². The molecule has 0 amide bonds. The summed E-state index contributed by atoms with van der Waals surface area (Å²) in [4.78, 5) is 0. The predicted octanol–water partition coefficient (Wildman–Crippen LogP) is 2.39. The smallest absolute Gasteiger partial charge is 0.0576 e. The summed E-state index contributed by atoms with van der Waals surface area (Å²) in [6.07, 6.45) is 0. The van der Waals surface area contributed by atoms with E-state index >= 15 is 0 Å². The van der Waals surface area contributed by atoms with Crippen LogP contribution in [0.5, 0.6) is 0 Å². The van der Waals surface area contributed by atoms with Gasteiger partial charge in [-0.25, -0.2) is 0 Å². The highest BCUT2D eigenvalue weighted by atomic mass is 127. The quantitative estimate of drug-likeness (QED) is 0.517. The Morgan fingerprint density at radius 3 is 1.33 bits per heavy atom. The standard InChI is InChI=1S/C20H24I/c1-19(2,3)13-7-9-15-16-10-8-14(20(4,5)6)12-18(16)21-17(15)11-13/h7-12H,1-6H3/q+1. The van der Waals surface area contributed by atoms with E-state index in [-0.39, 0.29) is 32.0 Å². The molecule has 0 aromatic heterocycles. The Morgan fingerprint density at radius 2 is 1.00 bits per heavy atom. The summed E-state index contributed by atoms with van der Waals surface area (Å²) in [5, 5.41) is 0. The number of rotatable bonds is 0. The number of benzene rings is 2. The maximum atomic E-state index is 2.46. The van der Waals surface area contributed by atoms with Gasteiger partial charge in [0, 0.05) is 11.1 Å². The van der Waals surface area contributed by atoms with Crippen molar-refractivity contribution in [3.63, 3.8) is 0 Å². The van der Waals surface area contributed by atoms with E-state index in [0.29, 0.717) is 0 Å². The molecule has 0 spiro atoms. The Labute approximate surface area is 139 Å². The third-order valence-electron chi connectivity index (χ3n) is 4.16. The second-order valence-electron chi connectivity index (χ2n) is 7.98. The summed E-state index contributed by atoms with van der Waals surface area (Å²) in [7, 11) is 0. The molecule has 0 atom stereocenters. The van der Waals surface area contributed by atoms with Gasteiger partial charge in [-0.2, -0.15) is 0 Å². The van der Waals surface area contributed by atoms with Crippen LogP contribution in [0.1, 0.15) is 52.7 Å². The monoisotopic (exact) mass is 391 g/mol. The van der Waals surface area contributed by atoms with Gasteiger partial charge in [-0.3, -0.25) is 0 Å². The minimum Gasteiger partial charge on any atom is -0.0576 e. The molecular formula is C20H24I+. The van der Waals surface area contributed by atoms with E-state index in [1.807, 2.05) is 0 Å². The zero-order chi connectivity index (χ0) is 15.4. The van der Waals surface area contributed by atoms with Crippen LogP contribution >= 0.6 is 0 Å². The molecule has 0 fully saturated rings. The van der Waals surface area contributed by atoms with Gasteiger partial charge in [0.15, 0.2) is 0 Å². The van der Waals surface area contributed by atoms with Gasteiger partial charge in [-0.05, 0) is 46.2 Å². The summed E-state index contributed by atoms with van der Waals surface area (Å²) >= 11 is -0.0274. The Bertz CT molecular complexity index is 635. The van der Waals surface area contributed by atoms with Crippen molar-refractivity contribution < 1.29 is 21.2 Å². The Balaban J connectivity index is 2.06. The molecule has 1 aliphatic heterocycles. The average Bonchev–Trinajstić information content (AvgIpc) is 2.73. The van der Waals surface area contributed by atoms with Gasteiger partial charge in [0.05, 0.1) is 0 Å². The molecule has 1 heterocycles. The van der Waals surface area contributed by atoms with Crippen molar-refractivity contribution in [1.82, 2.24) is 0 Å². The van der Waals surface area contributed by atoms with E-state index in [4.69, 9.17) is 0 Å². The third-order valence-corrected chi connectivity index (χ3v) is 7.11. The first-order valence-corrected chi connectivity index (χ1v) is 9.76. The van der Waals surface area contributed by atoms with Crippen molar-refractivity contribution in [2.45, 2.75) is 52.4 Å². The molecule has 0 radical (unpaired) electrons. The zero-order valence-electron chi connectivity index (χ0n) is 13.8. The highest BCUT2D eigenvalue weighted by Crippen LogP contribution is 2.30. The molecule has 0 saturated carbocycles. The van der Waals surface area contributed by atoms with Gasteiger partial charge in [0.1, 0.15) is 0 Å². The summed E-state index contributed by atoms with van der Waals surface area (Å²) < 4.78 is 3.20. The van der Waals surface area contributed by atoms with E-state index < -0.39 is 0 Å². The van der Waals surface area contributed by atoms with Crippen LogP contribution in [0.2, 0.25) is 0 Å². The first-order chi connectivity index (χ1) is 9.66. The molecule has 110 valence electrons. The first kappa shape index (κ1) is 15.1. The summed E-state index contributed by atoms with van der Waals surface area (Å²) in [6, 6.07) is 14.2. The molecule has 0 nitrogen and oxygen atoms in total. The number of halogens is 1. The van der Waals surface area contributed by atoms with Gasteiger partial charge < -0.3 is 0 Å². The lowest BCUT2D eigenvalue weighted by atomic mass is 9.85. The highest BCUT2D eigenvalue weighted by Gasteiger charge is 2.35. The first-order valence-electron chi connectivity index (χ1n) is 7.60. The largest absolute Gasteiger partial charge is 0.359 e. The third kappa shape index (κ3) is 2.77. The van der Waals surface area contributed by atoms with Crippen LogP contribution < -0.4 is 21.2 Å². The van der Waals surface area contributed by atoms with Gasteiger partial charge in [0.2, 0.25) is 7.14 Å². The van der Waals surface area contributed by atoms with Crippen LogP contribution in [0.3, 0.4) is 0 Å². The minimum absolute atomic E-state index is 0.0274. The Morgan fingerprint density at radius 1 is 0.619 bits per heavy atom. The van der Waals surface area contributed by atoms with Crippen LogP contribution in [-0.2, 0) is 10.8 Å². The molecule has 2 aromatic carbocycles. The lowest BCUT2D eigenvalue weighted by Gasteiger charge is -2.19. The summed E-state index contributed by atoms with van der Waals surface area (Å²) in [5.41, 5.74) is 6.36. The van der Waals surface area contributed by atoms with Crippen LogP contribution in [0, 0.1) is 7.14 Å². The van der Waals surface area contributed by atoms with Crippen molar-refractivity contribution in [3.05, 3.63) is 54.7 Å². The highest BCUT2D eigenvalue weighted by molar-refractivity contribution is 5.65. The van der Waals surface area contributed by atoms with Crippen molar-refractivity contribution in [2.75, 3.05) is 0 Å². The van der Waals surface area contributed by atoms with Crippen LogP contribution in [0.25, 0.3) is 11.1 Å². The molecule has 1 aliphatic rings. The van der Waals surface area contributed by atoms with E-state index in [1.54, 1.807) is 7.14 Å². The van der Waals surface area contributed by atoms with Gasteiger partial charge >= 0.3 is 21.2 Å². The maximum absolute atomic E-state index is 2.46. The fraction of sp³-hybridized carbons (Fsp3) is 0.400. The molecule has 0 unspecified atom stereocenters.